The second-order valence-electron chi connectivity index (χ2n) is 9.36. The Balaban J connectivity index is 0.000000248. The van der Waals surface area contributed by atoms with Gasteiger partial charge in [0.2, 0.25) is 0 Å². The summed E-state index contributed by atoms with van der Waals surface area (Å²) in [7, 11) is 0. The molecular formula is C31H30F5N. The van der Waals surface area contributed by atoms with Crippen molar-refractivity contribution in [3.05, 3.63) is 96.1 Å². The van der Waals surface area contributed by atoms with Crippen LogP contribution in [0.5, 0.6) is 0 Å². The third-order valence-corrected chi connectivity index (χ3v) is 6.87. The molecule has 1 aliphatic carbocycles. The number of rotatable bonds is 7. The first-order chi connectivity index (χ1) is 17.9. The summed E-state index contributed by atoms with van der Waals surface area (Å²) in [5.74, 6) is -2.04. The molecule has 0 radical (unpaired) electrons. The van der Waals surface area contributed by atoms with Crippen molar-refractivity contribution >= 4 is 0 Å². The molecule has 6 heteroatoms. The predicted octanol–water partition coefficient (Wildman–Crippen LogP) is 9.57. The largest absolute Gasteiger partial charge is 0.251 e. The molecule has 1 fully saturated rings. The minimum Gasteiger partial charge on any atom is -0.251 e. The first kappa shape index (κ1) is 28.1. The highest BCUT2D eigenvalue weighted by Crippen LogP contribution is 2.33. The Morgan fingerprint density at radius 3 is 1.81 bits per heavy atom. The van der Waals surface area contributed by atoms with Crippen molar-refractivity contribution in [3.63, 3.8) is 0 Å². The lowest BCUT2D eigenvalue weighted by molar-refractivity contribution is 0.239. The molecule has 0 aliphatic heterocycles. The molecule has 0 heterocycles. The zero-order chi connectivity index (χ0) is 26.8. The molecule has 1 saturated carbocycles. The topological polar surface area (TPSA) is 23.8 Å². The van der Waals surface area contributed by atoms with Gasteiger partial charge in [-0.3, -0.25) is 4.39 Å². The normalized spacial score (nSPS) is 16.9. The summed E-state index contributed by atoms with van der Waals surface area (Å²) in [4.78, 5) is 0. The average Bonchev–Trinajstić information content (AvgIpc) is 2.89. The number of hydrogen-bond acceptors (Lipinski definition) is 1. The highest BCUT2D eigenvalue weighted by atomic mass is 19.2. The van der Waals surface area contributed by atoms with Gasteiger partial charge in [0, 0.05) is 12.1 Å². The molecule has 3 aromatic rings. The molecule has 1 aliphatic rings. The summed E-state index contributed by atoms with van der Waals surface area (Å²) in [6.07, 6.45) is 10.4. The molecule has 0 unspecified atom stereocenters. The number of hydrogen-bond donors (Lipinski definition) is 0. The zero-order valence-electron chi connectivity index (χ0n) is 20.6. The lowest BCUT2D eigenvalue weighted by atomic mass is 9.79. The van der Waals surface area contributed by atoms with Crippen LogP contribution in [0.15, 0.2) is 67.3 Å². The van der Waals surface area contributed by atoms with Crippen LogP contribution in [-0.2, 0) is 0 Å². The SMILES string of the molecule is C=CCCC1CCC(CCF)CC1.N#Cc1ccc(-c2ccc(-c3c(F)cc(F)cc3F)cc2)cc1F. The van der Waals surface area contributed by atoms with Gasteiger partial charge in [0.15, 0.2) is 0 Å². The van der Waals surface area contributed by atoms with Crippen molar-refractivity contribution in [2.24, 2.45) is 11.8 Å². The Bertz CT molecular complexity index is 1200. The smallest absolute Gasteiger partial charge is 0.141 e. The summed E-state index contributed by atoms with van der Waals surface area (Å²) in [5.41, 5.74) is 0.991. The van der Waals surface area contributed by atoms with E-state index in [2.05, 4.69) is 6.58 Å². The molecule has 0 N–H and O–H groups in total. The minimum atomic E-state index is -0.996. The molecular weight excluding hydrogens is 481 g/mol. The quantitative estimate of drug-likeness (QED) is 0.229. The second-order valence-corrected chi connectivity index (χ2v) is 9.36. The average molecular weight is 512 g/mol. The highest BCUT2D eigenvalue weighted by molar-refractivity contribution is 5.71. The van der Waals surface area contributed by atoms with E-state index in [1.165, 1.54) is 56.4 Å². The van der Waals surface area contributed by atoms with E-state index in [0.29, 0.717) is 29.2 Å². The summed E-state index contributed by atoms with van der Waals surface area (Å²) in [6.45, 7) is 3.62. The molecule has 0 aromatic heterocycles. The molecule has 194 valence electrons. The van der Waals surface area contributed by atoms with Crippen molar-refractivity contribution in [1.29, 1.82) is 5.26 Å². The molecule has 4 rings (SSSR count). The molecule has 0 atom stereocenters. The third-order valence-electron chi connectivity index (χ3n) is 6.87. The molecule has 0 amide bonds. The van der Waals surface area contributed by atoms with Crippen molar-refractivity contribution in [1.82, 2.24) is 0 Å². The van der Waals surface area contributed by atoms with Gasteiger partial charge in [-0.25, -0.2) is 17.6 Å². The Morgan fingerprint density at radius 2 is 1.30 bits per heavy atom. The van der Waals surface area contributed by atoms with Crippen LogP contribution in [0.2, 0.25) is 0 Å². The Morgan fingerprint density at radius 1 is 0.757 bits per heavy atom. The second kappa shape index (κ2) is 13.7. The van der Waals surface area contributed by atoms with Crippen molar-refractivity contribution in [2.45, 2.75) is 44.9 Å². The van der Waals surface area contributed by atoms with Gasteiger partial charge in [0.1, 0.15) is 29.3 Å². The number of benzene rings is 3. The zero-order valence-corrected chi connectivity index (χ0v) is 20.6. The number of halogens is 5. The van der Waals surface area contributed by atoms with E-state index in [1.807, 2.05) is 6.08 Å². The van der Waals surface area contributed by atoms with E-state index >= 15 is 0 Å². The Labute approximate surface area is 215 Å². The van der Waals surface area contributed by atoms with Crippen molar-refractivity contribution in [2.75, 3.05) is 6.67 Å². The number of alkyl halides is 1. The molecule has 37 heavy (non-hydrogen) atoms. The van der Waals surface area contributed by atoms with E-state index in [4.69, 9.17) is 5.26 Å². The molecule has 0 bridgehead atoms. The monoisotopic (exact) mass is 511 g/mol. The van der Waals surface area contributed by atoms with Crippen LogP contribution >= 0.6 is 0 Å². The molecule has 3 aromatic carbocycles. The van der Waals surface area contributed by atoms with E-state index < -0.39 is 23.3 Å². The first-order valence-electron chi connectivity index (χ1n) is 12.5. The number of allylic oxidation sites excluding steroid dienone is 1. The number of nitriles is 1. The fraction of sp³-hybridized carbons (Fsp3) is 0.323. The van der Waals surface area contributed by atoms with Crippen LogP contribution in [0.25, 0.3) is 22.3 Å². The van der Waals surface area contributed by atoms with Gasteiger partial charge < -0.3 is 0 Å². The summed E-state index contributed by atoms with van der Waals surface area (Å²) >= 11 is 0. The maximum absolute atomic E-state index is 13.8. The Hall–Kier alpha value is -3.46. The fourth-order valence-corrected chi connectivity index (χ4v) is 4.75. The summed E-state index contributed by atoms with van der Waals surface area (Å²) in [5, 5.41) is 8.73. The third kappa shape index (κ3) is 7.76. The maximum Gasteiger partial charge on any atom is 0.141 e. The van der Waals surface area contributed by atoms with Gasteiger partial charge in [-0.1, -0.05) is 62.1 Å². The lowest BCUT2D eigenvalue weighted by Gasteiger charge is -2.27. The summed E-state index contributed by atoms with van der Waals surface area (Å²) < 4.78 is 66.3. The predicted molar refractivity (Wildman–Crippen MR) is 137 cm³/mol. The van der Waals surface area contributed by atoms with E-state index in [-0.39, 0.29) is 23.4 Å². The van der Waals surface area contributed by atoms with Gasteiger partial charge in [-0.15, -0.1) is 6.58 Å². The van der Waals surface area contributed by atoms with Gasteiger partial charge in [0.25, 0.3) is 0 Å². The van der Waals surface area contributed by atoms with Crippen LogP contribution in [0.1, 0.15) is 50.5 Å². The van der Waals surface area contributed by atoms with Gasteiger partial charge in [-0.05, 0) is 59.9 Å². The molecule has 0 saturated heterocycles. The number of nitrogens with zero attached hydrogens (tertiary/aromatic N) is 1. The summed E-state index contributed by atoms with van der Waals surface area (Å²) in [6, 6.07) is 13.2. The Kier molecular flexibility index (Phi) is 10.4. The molecule has 1 nitrogen and oxygen atoms in total. The van der Waals surface area contributed by atoms with Crippen molar-refractivity contribution in [3.8, 4) is 28.3 Å². The van der Waals surface area contributed by atoms with E-state index in [9.17, 15) is 22.0 Å². The molecule has 0 spiro atoms. The van der Waals surface area contributed by atoms with Gasteiger partial charge in [0.05, 0.1) is 17.8 Å². The van der Waals surface area contributed by atoms with Crippen LogP contribution in [0.4, 0.5) is 22.0 Å². The van der Waals surface area contributed by atoms with Gasteiger partial charge >= 0.3 is 0 Å². The first-order valence-corrected chi connectivity index (χ1v) is 12.5. The lowest BCUT2D eigenvalue weighted by Crippen LogP contribution is -2.14. The van der Waals surface area contributed by atoms with Crippen LogP contribution in [0, 0.1) is 46.4 Å². The van der Waals surface area contributed by atoms with Crippen LogP contribution < -0.4 is 0 Å². The van der Waals surface area contributed by atoms with E-state index in [1.54, 1.807) is 24.3 Å². The highest BCUT2D eigenvalue weighted by Gasteiger charge is 2.20. The fourth-order valence-electron chi connectivity index (χ4n) is 4.75. The standard InChI is InChI=1S/C19H9F4N.C12H21F/c20-15-8-17(22)19(18(23)9-15)12-3-1-11(2-4-12)13-5-6-14(10-24)16(21)7-13;1-2-3-4-11-5-7-12(8-6-11)9-10-13/h1-9H;2,11-12H,1,3-10H2. The minimum absolute atomic E-state index is 0.0641. The van der Waals surface area contributed by atoms with Crippen LogP contribution in [0.3, 0.4) is 0 Å². The van der Waals surface area contributed by atoms with Crippen molar-refractivity contribution < 1.29 is 22.0 Å². The maximum atomic E-state index is 13.8. The van der Waals surface area contributed by atoms with Gasteiger partial charge in [-0.2, -0.15) is 5.26 Å². The van der Waals surface area contributed by atoms with Crippen LogP contribution in [-0.4, -0.2) is 6.67 Å². The van der Waals surface area contributed by atoms with E-state index in [0.717, 1.165) is 18.8 Å².